The molecule has 0 atom stereocenters. The molecule has 0 spiro atoms. The molecule has 0 aliphatic heterocycles. The van der Waals surface area contributed by atoms with Crippen molar-refractivity contribution in [1.29, 1.82) is 0 Å². The summed E-state index contributed by atoms with van der Waals surface area (Å²) in [5.41, 5.74) is 1.92. The first-order valence-corrected chi connectivity index (χ1v) is 6.22. The van der Waals surface area contributed by atoms with E-state index < -0.39 is 0 Å². The van der Waals surface area contributed by atoms with Crippen molar-refractivity contribution >= 4 is 6.03 Å². The van der Waals surface area contributed by atoms with Crippen LogP contribution in [0.1, 0.15) is 17.0 Å². The van der Waals surface area contributed by atoms with Crippen LogP contribution in [-0.2, 0) is 13.0 Å². The molecule has 0 aliphatic carbocycles. The fourth-order valence-electron chi connectivity index (χ4n) is 1.67. The third kappa shape index (κ3) is 4.46. The Balaban J connectivity index is 1.65. The zero-order chi connectivity index (χ0) is 13.5. The van der Waals surface area contributed by atoms with Gasteiger partial charge in [-0.2, -0.15) is 0 Å². The maximum Gasteiger partial charge on any atom is 0.315 e. The minimum absolute atomic E-state index is 0.180. The Morgan fingerprint density at radius 3 is 2.74 bits per heavy atom. The van der Waals surface area contributed by atoms with Crippen LogP contribution in [0.5, 0.6) is 0 Å². The highest BCUT2D eigenvalue weighted by atomic mass is 16.5. The van der Waals surface area contributed by atoms with Gasteiger partial charge < -0.3 is 15.2 Å². The fraction of sp³-hybridized carbons (Fsp3) is 0.286. The minimum Gasteiger partial charge on any atom is -0.361 e. The number of rotatable bonds is 5. The molecule has 2 N–H and O–H groups in total. The average Bonchev–Trinajstić information content (AvgIpc) is 2.83. The summed E-state index contributed by atoms with van der Waals surface area (Å²) in [5, 5.41) is 9.35. The molecule has 0 bridgehead atoms. The van der Waals surface area contributed by atoms with Crippen LogP contribution in [0, 0.1) is 6.92 Å². The zero-order valence-electron chi connectivity index (χ0n) is 10.8. The van der Waals surface area contributed by atoms with Crippen LogP contribution in [0.25, 0.3) is 0 Å². The maximum atomic E-state index is 11.5. The molecule has 1 heterocycles. The normalized spacial score (nSPS) is 10.2. The Morgan fingerprint density at radius 1 is 1.26 bits per heavy atom. The Hall–Kier alpha value is -2.30. The highest BCUT2D eigenvalue weighted by molar-refractivity contribution is 5.73. The van der Waals surface area contributed by atoms with Crippen molar-refractivity contribution in [2.24, 2.45) is 0 Å². The van der Waals surface area contributed by atoms with Gasteiger partial charge in [0.2, 0.25) is 0 Å². The largest absolute Gasteiger partial charge is 0.361 e. The van der Waals surface area contributed by atoms with Crippen LogP contribution in [0.15, 0.2) is 40.9 Å². The van der Waals surface area contributed by atoms with Gasteiger partial charge in [-0.05, 0) is 12.5 Å². The third-order valence-corrected chi connectivity index (χ3v) is 2.63. The van der Waals surface area contributed by atoms with E-state index in [2.05, 4.69) is 15.8 Å². The minimum atomic E-state index is -0.180. The predicted molar refractivity (Wildman–Crippen MR) is 71.6 cm³/mol. The van der Waals surface area contributed by atoms with Gasteiger partial charge >= 0.3 is 6.03 Å². The summed E-state index contributed by atoms with van der Waals surface area (Å²) in [6.45, 7) is 2.91. The van der Waals surface area contributed by atoms with Gasteiger partial charge in [0.15, 0.2) is 0 Å². The average molecular weight is 259 g/mol. The summed E-state index contributed by atoms with van der Waals surface area (Å²) in [6.07, 6.45) is 0.638. The lowest BCUT2D eigenvalue weighted by molar-refractivity contribution is 0.240. The van der Waals surface area contributed by atoms with Gasteiger partial charge in [0.05, 0.1) is 5.69 Å². The summed E-state index contributed by atoms with van der Waals surface area (Å²) < 4.78 is 5.05. The van der Waals surface area contributed by atoms with Crippen LogP contribution in [0.2, 0.25) is 0 Å². The number of aromatic nitrogens is 1. The molecule has 0 saturated carbocycles. The summed E-state index contributed by atoms with van der Waals surface area (Å²) in [6, 6.07) is 11.5. The number of aryl methyl sites for hydroxylation is 1. The topological polar surface area (TPSA) is 67.2 Å². The smallest absolute Gasteiger partial charge is 0.315 e. The first-order valence-electron chi connectivity index (χ1n) is 6.22. The molecule has 5 heteroatoms. The Morgan fingerprint density at radius 2 is 2.05 bits per heavy atom. The second-order valence-corrected chi connectivity index (χ2v) is 4.28. The van der Waals surface area contributed by atoms with Crippen LogP contribution >= 0.6 is 0 Å². The first-order chi connectivity index (χ1) is 9.24. The van der Waals surface area contributed by atoms with Crippen molar-refractivity contribution in [2.45, 2.75) is 19.9 Å². The molecule has 1 aromatic heterocycles. The fourth-order valence-corrected chi connectivity index (χ4v) is 1.67. The molecule has 19 heavy (non-hydrogen) atoms. The van der Waals surface area contributed by atoms with E-state index in [-0.39, 0.29) is 6.03 Å². The molecule has 0 aliphatic rings. The lowest BCUT2D eigenvalue weighted by Crippen LogP contribution is -2.36. The Kier molecular flexibility index (Phi) is 4.55. The van der Waals surface area contributed by atoms with Gasteiger partial charge in [0.1, 0.15) is 5.76 Å². The van der Waals surface area contributed by atoms with Gasteiger partial charge in [-0.3, -0.25) is 0 Å². The molecule has 5 nitrogen and oxygen atoms in total. The molecule has 2 amide bonds. The van der Waals surface area contributed by atoms with Crippen LogP contribution in [0.4, 0.5) is 4.79 Å². The summed E-state index contributed by atoms with van der Waals surface area (Å²) >= 11 is 0. The van der Waals surface area contributed by atoms with Crippen molar-refractivity contribution in [3.8, 4) is 0 Å². The zero-order valence-corrected chi connectivity index (χ0v) is 10.8. The van der Waals surface area contributed by atoms with E-state index >= 15 is 0 Å². The van der Waals surface area contributed by atoms with E-state index in [0.717, 1.165) is 17.0 Å². The van der Waals surface area contributed by atoms with Crippen LogP contribution in [0.3, 0.4) is 0 Å². The standard InChI is InChI=1S/C14H17N3O2/c1-11-9-13(19-17-11)7-8-15-14(18)16-10-12-5-3-2-4-6-12/h2-6,9H,7-8,10H2,1H3,(H2,15,16,18). The maximum absolute atomic E-state index is 11.5. The van der Waals surface area contributed by atoms with E-state index in [1.165, 1.54) is 0 Å². The van der Waals surface area contributed by atoms with Crippen molar-refractivity contribution < 1.29 is 9.32 Å². The number of carbonyl (C=O) groups excluding carboxylic acids is 1. The van der Waals surface area contributed by atoms with Crippen LogP contribution < -0.4 is 10.6 Å². The molecular weight excluding hydrogens is 242 g/mol. The Labute approximate surface area is 112 Å². The summed E-state index contributed by atoms with van der Waals surface area (Å²) in [4.78, 5) is 11.5. The molecule has 0 saturated heterocycles. The van der Waals surface area contributed by atoms with Gasteiger partial charge in [0, 0.05) is 25.6 Å². The molecule has 1 aromatic carbocycles. The molecule has 2 rings (SSSR count). The lowest BCUT2D eigenvalue weighted by atomic mass is 10.2. The van der Waals surface area contributed by atoms with Crippen molar-refractivity contribution in [3.05, 3.63) is 53.4 Å². The first kappa shape index (κ1) is 13.1. The highest BCUT2D eigenvalue weighted by Gasteiger charge is 2.03. The summed E-state index contributed by atoms with van der Waals surface area (Å²) in [7, 11) is 0. The van der Waals surface area contributed by atoms with Gasteiger partial charge in [-0.25, -0.2) is 4.79 Å². The van der Waals surface area contributed by atoms with E-state index in [1.807, 2.05) is 43.3 Å². The number of nitrogens with zero attached hydrogens (tertiary/aromatic N) is 1. The highest BCUT2D eigenvalue weighted by Crippen LogP contribution is 2.01. The van der Waals surface area contributed by atoms with Crippen LogP contribution in [-0.4, -0.2) is 17.7 Å². The molecule has 0 unspecified atom stereocenters. The number of benzene rings is 1. The lowest BCUT2D eigenvalue weighted by Gasteiger charge is -2.06. The van der Waals surface area contributed by atoms with E-state index in [4.69, 9.17) is 4.52 Å². The monoisotopic (exact) mass is 259 g/mol. The predicted octanol–water partition coefficient (Wildman–Crippen LogP) is 2.02. The number of urea groups is 1. The molecule has 0 radical (unpaired) electrons. The number of carbonyl (C=O) groups is 1. The van der Waals surface area contributed by atoms with Gasteiger partial charge in [0.25, 0.3) is 0 Å². The number of amides is 2. The third-order valence-electron chi connectivity index (χ3n) is 2.63. The molecule has 0 fully saturated rings. The SMILES string of the molecule is Cc1cc(CCNC(=O)NCc2ccccc2)on1. The number of nitrogens with one attached hydrogen (secondary N) is 2. The summed E-state index contributed by atoms with van der Waals surface area (Å²) in [5.74, 6) is 0.779. The molecule has 2 aromatic rings. The quantitative estimate of drug-likeness (QED) is 0.863. The van der Waals surface area contributed by atoms with Crippen molar-refractivity contribution in [2.75, 3.05) is 6.54 Å². The van der Waals surface area contributed by atoms with E-state index in [1.54, 1.807) is 0 Å². The van der Waals surface area contributed by atoms with Crippen molar-refractivity contribution in [1.82, 2.24) is 15.8 Å². The number of hydrogen-bond donors (Lipinski definition) is 2. The molecule has 100 valence electrons. The Bertz CT molecular complexity index is 522. The van der Waals surface area contributed by atoms with E-state index in [9.17, 15) is 4.79 Å². The van der Waals surface area contributed by atoms with Gasteiger partial charge in [-0.15, -0.1) is 0 Å². The van der Waals surface area contributed by atoms with Crippen molar-refractivity contribution in [3.63, 3.8) is 0 Å². The second-order valence-electron chi connectivity index (χ2n) is 4.28. The second kappa shape index (κ2) is 6.58. The number of hydrogen-bond acceptors (Lipinski definition) is 3. The molecular formula is C14H17N3O2. The van der Waals surface area contributed by atoms with Gasteiger partial charge in [-0.1, -0.05) is 35.5 Å². The van der Waals surface area contributed by atoms with E-state index in [0.29, 0.717) is 19.5 Å².